The molecule has 0 atom stereocenters. The quantitative estimate of drug-likeness (QED) is 0.754. The molecular formula is C14H20Br2N2O2. The molecule has 0 spiro atoms. The van der Waals surface area contributed by atoms with Crippen molar-refractivity contribution >= 4 is 37.8 Å². The average molecular weight is 408 g/mol. The second-order valence-electron chi connectivity index (χ2n) is 4.37. The van der Waals surface area contributed by atoms with Gasteiger partial charge in [-0.3, -0.25) is 4.79 Å². The first-order chi connectivity index (χ1) is 9.49. The number of likely N-dealkylation sites (N-methyl/N-ethyl adjacent to an activating group) is 1. The molecule has 1 N–H and O–H groups in total. The van der Waals surface area contributed by atoms with Gasteiger partial charge in [0.1, 0.15) is 5.75 Å². The van der Waals surface area contributed by atoms with Crippen LogP contribution in [0.5, 0.6) is 5.75 Å². The summed E-state index contributed by atoms with van der Waals surface area (Å²) in [6, 6.07) is 3.99. The maximum atomic E-state index is 11.7. The van der Waals surface area contributed by atoms with Crippen LogP contribution in [0.2, 0.25) is 0 Å². The van der Waals surface area contributed by atoms with E-state index in [4.69, 9.17) is 4.74 Å². The highest BCUT2D eigenvalue weighted by atomic mass is 79.9. The summed E-state index contributed by atoms with van der Waals surface area (Å²) in [5.74, 6) is 0.617. The summed E-state index contributed by atoms with van der Waals surface area (Å²) < 4.78 is 7.29. The first kappa shape index (κ1) is 17.5. The summed E-state index contributed by atoms with van der Waals surface area (Å²) in [7, 11) is 1.76. The number of benzene rings is 1. The normalized spacial score (nSPS) is 10.4. The molecule has 0 fully saturated rings. The summed E-state index contributed by atoms with van der Waals surface area (Å²) in [6.07, 6.45) is 0. The van der Waals surface area contributed by atoms with Crippen molar-refractivity contribution in [2.24, 2.45) is 0 Å². The van der Waals surface area contributed by atoms with E-state index in [-0.39, 0.29) is 12.5 Å². The van der Waals surface area contributed by atoms with E-state index in [1.807, 2.05) is 19.1 Å². The van der Waals surface area contributed by atoms with Gasteiger partial charge in [-0.25, -0.2) is 0 Å². The van der Waals surface area contributed by atoms with Crippen molar-refractivity contribution in [3.63, 3.8) is 0 Å². The number of carbonyl (C=O) groups excluding carboxylic acids is 1. The molecular weight excluding hydrogens is 388 g/mol. The number of nitrogens with zero attached hydrogens (tertiary/aromatic N) is 1. The summed E-state index contributed by atoms with van der Waals surface area (Å²) in [4.78, 5) is 13.4. The van der Waals surface area contributed by atoms with Gasteiger partial charge >= 0.3 is 0 Å². The predicted molar refractivity (Wildman–Crippen MR) is 88.0 cm³/mol. The zero-order valence-electron chi connectivity index (χ0n) is 12.0. The monoisotopic (exact) mass is 406 g/mol. The van der Waals surface area contributed by atoms with Gasteiger partial charge in [-0.2, -0.15) is 0 Å². The highest BCUT2D eigenvalue weighted by Gasteiger charge is 2.12. The van der Waals surface area contributed by atoms with E-state index in [2.05, 4.69) is 44.1 Å². The Morgan fingerprint density at radius 3 is 2.40 bits per heavy atom. The zero-order chi connectivity index (χ0) is 15.1. The van der Waals surface area contributed by atoms with Crippen LogP contribution in [0.1, 0.15) is 19.4 Å². The lowest BCUT2D eigenvalue weighted by Gasteiger charge is -2.16. The number of halogens is 2. The first-order valence-electron chi connectivity index (χ1n) is 6.55. The predicted octanol–water partition coefficient (Wildman–Crippen LogP) is 3.18. The van der Waals surface area contributed by atoms with Crippen LogP contribution in [0.15, 0.2) is 21.1 Å². The van der Waals surface area contributed by atoms with Gasteiger partial charge in [0.15, 0.2) is 6.61 Å². The number of carbonyl (C=O) groups is 1. The average Bonchev–Trinajstić information content (AvgIpc) is 2.42. The molecule has 0 heterocycles. The third-order valence-corrected chi connectivity index (χ3v) is 4.06. The first-order valence-corrected chi connectivity index (χ1v) is 8.13. The molecule has 1 rings (SSSR count). The van der Waals surface area contributed by atoms with Gasteiger partial charge in [0.2, 0.25) is 0 Å². The number of nitrogens with one attached hydrogen (secondary N) is 1. The summed E-state index contributed by atoms with van der Waals surface area (Å²) in [6.45, 7) is 6.42. The Morgan fingerprint density at radius 2 is 1.90 bits per heavy atom. The van der Waals surface area contributed by atoms with Crippen LogP contribution in [0.25, 0.3) is 0 Å². The molecule has 20 heavy (non-hydrogen) atoms. The zero-order valence-corrected chi connectivity index (χ0v) is 15.2. The van der Waals surface area contributed by atoms with Crippen LogP contribution >= 0.6 is 31.9 Å². The third kappa shape index (κ3) is 5.07. The van der Waals surface area contributed by atoms with E-state index in [0.717, 1.165) is 27.6 Å². The maximum Gasteiger partial charge on any atom is 0.260 e. The van der Waals surface area contributed by atoms with Crippen molar-refractivity contribution in [3.05, 3.63) is 26.6 Å². The van der Waals surface area contributed by atoms with Crippen LogP contribution in [-0.4, -0.2) is 37.6 Å². The van der Waals surface area contributed by atoms with Crippen molar-refractivity contribution in [1.82, 2.24) is 10.2 Å². The van der Waals surface area contributed by atoms with Crippen LogP contribution in [-0.2, 0) is 11.3 Å². The number of amides is 1. The van der Waals surface area contributed by atoms with Gasteiger partial charge < -0.3 is 15.0 Å². The topological polar surface area (TPSA) is 41.6 Å². The lowest BCUT2D eigenvalue weighted by molar-refractivity contribution is -0.131. The molecule has 1 amide bonds. The van der Waals surface area contributed by atoms with Gasteiger partial charge in [0.25, 0.3) is 5.91 Å². The van der Waals surface area contributed by atoms with E-state index in [9.17, 15) is 4.79 Å². The summed E-state index contributed by atoms with van der Waals surface area (Å²) >= 11 is 6.97. The molecule has 0 saturated heterocycles. The lowest BCUT2D eigenvalue weighted by Crippen LogP contribution is -2.31. The van der Waals surface area contributed by atoms with E-state index in [1.54, 1.807) is 11.9 Å². The lowest BCUT2D eigenvalue weighted by atomic mass is 10.2. The Labute approximate surface area is 137 Å². The van der Waals surface area contributed by atoms with Gasteiger partial charge in [0.05, 0.1) is 8.95 Å². The Hall–Kier alpha value is -0.590. The van der Waals surface area contributed by atoms with Crippen LogP contribution in [0.4, 0.5) is 0 Å². The SMILES string of the molecule is CCNCc1cc(Br)c(OCC(=O)N(C)CC)c(Br)c1. The maximum absolute atomic E-state index is 11.7. The largest absolute Gasteiger partial charge is 0.481 e. The van der Waals surface area contributed by atoms with Crippen molar-refractivity contribution in [3.8, 4) is 5.75 Å². The Bertz CT molecular complexity index is 443. The minimum Gasteiger partial charge on any atom is -0.481 e. The minimum absolute atomic E-state index is 0.0358. The number of ether oxygens (including phenoxy) is 1. The molecule has 0 radical (unpaired) electrons. The van der Waals surface area contributed by atoms with E-state index in [0.29, 0.717) is 12.3 Å². The summed E-state index contributed by atoms with van der Waals surface area (Å²) in [5.41, 5.74) is 1.15. The van der Waals surface area contributed by atoms with Gasteiger partial charge in [-0.05, 0) is 63.0 Å². The second kappa shape index (κ2) is 8.64. The standard InChI is InChI=1S/C14H20Br2N2O2/c1-4-17-8-10-6-11(15)14(12(16)7-10)20-9-13(19)18(3)5-2/h6-7,17H,4-5,8-9H2,1-3H3. The molecule has 0 bridgehead atoms. The van der Waals surface area contributed by atoms with Crippen molar-refractivity contribution in [2.45, 2.75) is 20.4 Å². The fourth-order valence-electron chi connectivity index (χ4n) is 1.54. The Balaban J connectivity index is 2.73. The van der Waals surface area contributed by atoms with Crippen LogP contribution in [0.3, 0.4) is 0 Å². The number of hydrogen-bond acceptors (Lipinski definition) is 3. The van der Waals surface area contributed by atoms with Gasteiger partial charge in [-0.1, -0.05) is 6.92 Å². The molecule has 0 aliphatic heterocycles. The highest BCUT2D eigenvalue weighted by molar-refractivity contribution is 9.11. The smallest absolute Gasteiger partial charge is 0.260 e. The molecule has 4 nitrogen and oxygen atoms in total. The molecule has 1 aromatic rings. The fraction of sp³-hybridized carbons (Fsp3) is 0.500. The summed E-state index contributed by atoms with van der Waals surface area (Å²) in [5, 5.41) is 3.27. The molecule has 0 aliphatic rings. The third-order valence-electron chi connectivity index (χ3n) is 2.88. The van der Waals surface area contributed by atoms with E-state index in [1.165, 1.54) is 0 Å². The molecule has 0 aromatic heterocycles. The highest BCUT2D eigenvalue weighted by Crippen LogP contribution is 2.34. The molecule has 0 unspecified atom stereocenters. The Kier molecular flexibility index (Phi) is 7.55. The van der Waals surface area contributed by atoms with Crippen molar-refractivity contribution in [2.75, 3.05) is 26.7 Å². The number of hydrogen-bond donors (Lipinski definition) is 1. The molecule has 0 saturated carbocycles. The van der Waals surface area contributed by atoms with E-state index >= 15 is 0 Å². The van der Waals surface area contributed by atoms with E-state index < -0.39 is 0 Å². The second-order valence-corrected chi connectivity index (χ2v) is 6.07. The molecule has 112 valence electrons. The van der Waals surface area contributed by atoms with Crippen molar-refractivity contribution < 1.29 is 9.53 Å². The molecule has 1 aromatic carbocycles. The fourth-order valence-corrected chi connectivity index (χ4v) is 3.05. The Morgan fingerprint density at radius 1 is 1.30 bits per heavy atom. The number of rotatable bonds is 7. The molecule has 0 aliphatic carbocycles. The molecule has 6 heteroatoms. The van der Waals surface area contributed by atoms with Gasteiger partial charge in [0, 0.05) is 20.1 Å². The van der Waals surface area contributed by atoms with Crippen LogP contribution in [0, 0.1) is 0 Å². The van der Waals surface area contributed by atoms with Crippen molar-refractivity contribution in [1.29, 1.82) is 0 Å². The van der Waals surface area contributed by atoms with Crippen LogP contribution < -0.4 is 10.1 Å². The minimum atomic E-state index is -0.0389. The van der Waals surface area contributed by atoms with Gasteiger partial charge in [-0.15, -0.1) is 0 Å².